The highest BCUT2D eigenvalue weighted by molar-refractivity contribution is 5.87. The Hall–Kier alpha value is -1.15. The smallest absolute Gasteiger partial charge is 0.144 e. The molecule has 1 aromatic rings. The molecular weight excluding hydrogens is 234 g/mol. The zero-order valence-corrected chi connectivity index (χ0v) is 12.2. The molecule has 1 aliphatic rings. The molecule has 1 aliphatic carbocycles. The van der Waals surface area contributed by atoms with Gasteiger partial charge in [0.1, 0.15) is 5.78 Å². The second-order valence-corrected chi connectivity index (χ2v) is 5.75. The summed E-state index contributed by atoms with van der Waals surface area (Å²) in [4.78, 5) is 12.5. The predicted octanol–water partition coefficient (Wildman–Crippen LogP) is 3.05. The van der Waals surface area contributed by atoms with Crippen LogP contribution in [0.1, 0.15) is 49.8 Å². The van der Waals surface area contributed by atoms with Gasteiger partial charge in [-0.25, -0.2) is 0 Å². The molecule has 2 rings (SSSR count). The maximum Gasteiger partial charge on any atom is 0.144 e. The number of nitrogens with two attached hydrogens (primary N) is 1. The minimum atomic E-state index is -0.320. The lowest BCUT2D eigenvalue weighted by Crippen LogP contribution is -2.38. The third kappa shape index (κ3) is 2.74. The number of ketones is 1. The van der Waals surface area contributed by atoms with Crippen molar-refractivity contribution < 1.29 is 4.79 Å². The summed E-state index contributed by atoms with van der Waals surface area (Å²) in [6.45, 7) is 4.59. The van der Waals surface area contributed by atoms with E-state index in [9.17, 15) is 4.79 Å². The van der Waals surface area contributed by atoms with Crippen molar-refractivity contribution in [3.8, 4) is 0 Å². The molecule has 0 saturated heterocycles. The monoisotopic (exact) mass is 259 g/mol. The SMILES string of the molecule is CCC(CC)(CN)C(=O)Cc1ccc2c(c1)CCC2. The van der Waals surface area contributed by atoms with Crippen LogP contribution in [0.2, 0.25) is 0 Å². The lowest BCUT2D eigenvalue weighted by molar-refractivity contribution is -0.128. The molecule has 0 spiro atoms. The number of aryl methyl sites for hydroxylation is 2. The van der Waals surface area contributed by atoms with Crippen molar-refractivity contribution in [3.63, 3.8) is 0 Å². The van der Waals surface area contributed by atoms with Crippen molar-refractivity contribution in [3.05, 3.63) is 34.9 Å². The quantitative estimate of drug-likeness (QED) is 0.853. The second-order valence-electron chi connectivity index (χ2n) is 5.75. The molecule has 0 fully saturated rings. The first kappa shape index (κ1) is 14.3. The van der Waals surface area contributed by atoms with Gasteiger partial charge in [-0.15, -0.1) is 0 Å². The summed E-state index contributed by atoms with van der Waals surface area (Å²) in [6, 6.07) is 6.55. The van der Waals surface area contributed by atoms with Gasteiger partial charge in [0.15, 0.2) is 0 Å². The minimum Gasteiger partial charge on any atom is -0.329 e. The van der Waals surface area contributed by atoms with Gasteiger partial charge in [0, 0.05) is 18.4 Å². The summed E-state index contributed by atoms with van der Waals surface area (Å²) in [5, 5.41) is 0. The molecule has 0 radical (unpaired) electrons. The Balaban J connectivity index is 2.14. The van der Waals surface area contributed by atoms with Crippen molar-refractivity contribution in [2.75, 3.05) is 6.54 Å². The second kappa shape index (κ2) is 5.87. The molecule has 0 saturated carbocycles. The fourth-order valence-electron chi connectivity index (χ4n) is 3.15. The van der Waals surface area contributed by atoms with Gasteiger partial charge < -0.3 is 5.73 Å². The Morgan fingerprint density at radius 3 is 2.53 bits per heavy atom. The number of Topliss-reactive ketones (excluding diaryl/α,β-unsaturated/α-hetero) is 1. The first-order valence-electron chi connectivity index (χ1n) is 7.49. The molecule has 0 aliphatic heterocycles. The number of carbonyl (C=O) groups excluding carboxylic acids is 1. The fraction of sp³-hybridized carbons (Fsp3) is 0.588. The van der Waals surface area contributed by atoms with Gasteiger partial charge in [-0.1, -0.05) is 32.0 Å². The van der Waals surface area contributed by atoms with Crippen LogP contribution in [0.5, 0.6) is 0 Å². The molecule has 2 heteroatoms. The summed E-state index contributed by atoms with van der Waals surface area (Å²) in [5.74, 6) is 0.304. The molecule has 104 valence electrons. The number of hydrogen-bond acceptors (Lipinski definition) is 2. The average molecular weight is 259 g/mol. The topological polar surface area (TPSA) is 43.1 Å². The van der Waals surface area contributed by atoms with Crippen LogP contribution in [0.3, 0.4) is 0 Å². The van der Waals surface area contributed by atoms with E-state index in [0.717, 1.165) is 18.4 Å². The summed E-state index contributed by atoms with van der Waals surface area (Å²) >= 11 is 0. The van der Waals surface area contributed by atoms with E-state index in [4.69, 9.17) is 5.73 Å². The van der Waals surface area contributed by atoms with Gasteiger partial charge in [0.05, 0.1) is 0 Å². The van der Waals surface area contributed by atoms with Crippen LogP contribution in [-0.4, -0.2) is 12.3 Å². The van der Waals surface area contributed by atoms with E-state index in [2.05, 4.69) is 32.0 Å². The average Bonchev–Trinajstić information content (AvgIpc) is 2.89. The van der Waals surface area contributed by atoms with E-state index in [1.165, 1.54) is 30.4 Å². The number of carbonyl (C=O) groups is 1. The fourth-order valence-corrected chi connectivity index (χ4v) is 3.15. The van der Waals surface area contributed by atoms with E-state index < -0.39 is 0 Å². The van der Waals surface area contributed by atoms with Crippen LogP contribution in [0.4, 0.5) is 0 Å². The maximum atomic E-state index is 12.5. The lowest BCUT2D eigenvalue weighted by atomic mass is 9.76. The minimum absolute atomic E-state index is 0.304. The van der Waals surface area contributed by atoms with Crippen molar-refractivity contribution in [2.24, 2.45) is 11.1 Å². The molecule has 0 atom stereocenters. The normalized spacial score (nSPS) is 14.5. The first-order chi connectivity index (χ1) is 9.15. The van der Waals surface area contributed by atoms with Crippen LogP contribution in [0, 0.1) is 5.41 Å². The molecule has 0 amide bonds. The lowest BCUT2D eigenvalue weighted by Gasteiger charge is -2.28. The van der Waals surface area contributed by atoms with Crippen molar-refractivity contribution >= 4 is 5.78 Å². The molecule has 19 heavy (non-hydrogen) atoms. The van der Waals surface area contributed by atoms with Crippen molar-refractivity contribution in [1.82, 2.24) is 0 Å². The zero-order valence-electron chi connectivity index (χ0n) is 12.2. The van der Waals surface area contributed by atoms with Gasteiger partial charge >= 0.3 is 0 Å². The highest BCUT2D eigenvalue weighted by atomic mass is 16.1. The van der Waals surface area contributed by atoms with Crippen molar-refractivity contribution in [2.45, 2.75) is 52.4 Å². The summed E-state index contributed by atoms with van der Waals surface area (Å²) in [6.07, 6.45) is 5.82. The Bertz CT molecular complexity index is 452. The molecule has 2 nitrogen and oxygen atoms in total. The van der Waals surface area contributed by atoms with Crippen LogP contribution in [-0.2, 0) is 24.1 Å². The zero-order chi connectivity index (χ0) is 13.9. The van der Waals surface area contributed by atoms with E-state index in [1.54, 1.807) is 0 Å². The van der Waals surface area contributed by atoms with Gasteiger partial charge in [-0.2, -0.15) is 0 Å². The van der Waals surface area contributed by atoms with Crippen LogP contribution in [0.15, 0.2) is 18.2 Å². The molecule has 0 bridgehead atoms. The highest BCUT2D eigenvalue weighted by Crippen LogP contribution is 2.29. The van der Waals surface area contributed by atoms with Crippen LogP contribution in [0.25, 0.3) is 0 Å². The number of hydrogen-bond donors (Lipinski definition) is 1. The Labute approximate surface area is 116 Å². The first-order valence-corrected chi connectivity index (χ1v) is 7.49. The highest BCUT2D eigenvalue weighted by Gasteiger charge is 2.32. The summed E-state index contributed by atoms with van der Waals surface area (Å²) < 4.78 is 0. The molecule has 0 aromatic heterocycles. The van der Waals surface area contributed by atoms with E-state index in [1.807, 2.05) is 0 Å². The summed E-state index contributed by atoms with van der Waals surface area (Å²) in [5.41, 5.74) is 9.60. The van der Waals surface area contributed by atoms with Crippen LogP contribution >= 0.6 is 0 Å². The maximum absolute atomic E-state index is 12.5. The Morgan fingerprint density at radius 1 is 1.21 bits per heavy atom. The van der Waals surface area contributed by atoms with Crippen LogP contribution < -0.4 is 5.73 Å². The Morgan fingerprint density at radius 2 is 1.89 bits per heavy atom. The van der Waals surface area contributed by atoms with E-state index >= 15 is 0 Å². The molecule has 0 unspecified atom stereocenters. The van der Waals surface area contributed by atoms with Gasteiger partial charge in [0.2, 0.25) is 0 Å². The standard InChI is InChI=1S/C17H25NO/c1-3-17(4-2,12-18)16(19)11-13-8-9-14-6-5-7-15(14)10-13/h8-10H,3-7,11-12,18H2,1-2H3. The molecule has 0 heterocycles. The van der Waals surface area contributed by atoms with Gasteiger partial charge in [-0.05, 0) is 48.8 Å². The van der Waals surface area contributed by atoms with Crippen molar-refractivity contribution in [1.29, 1.82) is 0 Å². The largest absolute Gasteiger partial charge is 0.329 e. The van der Waals surface area contributed by atoms with E-state index in [-0.39, 0.29) is 5.41 Å². The summed E-state index contributed by atoms with van der Waals surface area (Å²) in [7, 11) is 0. The van der Waals surface area contributed by atoms with Gasteiger partial charge in [-0.3, -0.25) is 4.79 Å². The molecule has 2 N–H and O–H groups in total. The molecular formula is C17H25NO. The van der Waals surface area contributed by atoms with E-state index in [0.29, 0.717) is 18.7 Å². The number of fused-ring (bicyclic) bond motifs is 1. The van der Waals surface area contributed by atoms with Gasteiger partial charge in [0.25, 0.3) is 0 Å². The number of rotatable bonds is 6. The Kier molecular flexibility index (Phi) is 4.41. The third-order valence-corrected chi connectivity index (χ3v) is 4.86. The molecule has 1 aromatic carbocycles. The predicted molar refractivity (Wildman–Crippen MR) is 79.2 cm³/mol. The number of benzene rings is 1. The third-order valence-electron chi connectivity index (χ3n) is 4.86.